The van der Waals surface area contributed by atoms with E-state index in [0.717, 1.165) is 31.2 Å². The van der Waals surface area contributed by atoms with Crippen molar-refractivity contribution in [1.82, 2.24) is 10.5 Å². The molecular formula is C28H32N4O4. The third-order valence-electron chi connectivity index (χ3n) is 6.33. The maximum Gasteiger partial charge on any atom is 0.248 e. The van der Waals surface area contributed by atoms with E-state index >= 15 is 0 Å². The van der Waals surface area contributed by atoms with Crippen LogP contribution < -0.4 is 15.5 Å². The average Bonchev–Trinajstić information content (AvgIpc) is 3.52. The van der Waals surface area contributed by atoms with E-state index in [9.17, 15) is 14.4 Å². The Bertz CT molecular complexity index is 1200. The van der Waals surface area contributed by atoms with Gasteiger partial charge in [0.05, 0.1) is 0 Å². The van der Waals surface area contributed by atoms with Gasteiger partial charge in [-0.2, -0.15) is 0 Å². The number of nitrogens with one attached hydrogen (secondary N) is 2. The van der Waals surface area contributed by atoms with Crippen LogP contribution in [0, 0.1) is 13.8 Å². The fraction of sp³-hybridized carbons (Fsp3) is 0.357. The number of carbonyl (C=O) groups excluding carboxylic acids is 3. The average molecular weight is 489 g/mol. The molecule has 0 spiro atoms. The number of anilines is 2. The van der Waals surface area contributed by atoms with Crippen molar-refractivity contribution in [3.05, 3.63) is 77.6 Å². The molecule has 0 radical (unpaired) electrons. The van der Waals surface area contributed by atoms with Gasteiger partial charge in [-0.1, -0.05) is 60.5 Å². The molecule has 8 nitrogen and oxygen atoms in total. The van der Waals surface area contributed by atoms with Gasteiger partial charge in [-0.15, -0.1) is 0 Å². The molecule has 1 aliphatic carbocycles. The van der Waals surface area contributed by atoms with Gasteiger partial charge in [-0.25, -0.2) is 0 Å². The number of hydrogen-bond donors (Lipinski definition) is 2. The summed E-state index contributed by atoms with van der Waals surface area (Å²) in [5.74, 6) is -0.00920. The molecule has 2 N–H and O–H groups in total. The van der Waals surface area contributed by atoms with E-state index < -0.39 is 6.04 Å². The second-order valence-corrected chi connectivity index (χ2v) is 9.28. The van der Waals surface area contributed by atoms with Crippen LogP contribution in [0.15, 0.2) is 65.2 Å². The van der Waals surface area contributed by atoms with Gasteiger partial charge in [-0.05, 0) is 49.9 Å². The molecule has 1 fully saturated rings. The second-order valence-electron chi connectivity index (χ2n) is 9.28. The van der Waals surface area contributed by atoms with E-state index in [0.29, 0.717) is 22.8 Å². The Morgan fingerprint density at radius 1 is 1.00 bits per heavy atom. The van der Waals surface area contributed by atoms with E-state index in [-0.39, 0.29) is 36.6 Å². The lowest BCUT2D eigenvalue weighted by Crippen LogP contribution is -2.46. The van der Waals surface area contributed by atoms with Gasteiger partial charge >= 0.3 is 0 Å². The second kappa shape index (κ2) is 11.7. The third kappa shape index (κ3) is 6.38. The number of amides is 3. The molecule has 3 amide bonds. The van der Waals surface area contributed by atoms with Gasteiger partial charge < -0.3 is 15.2 Å². The van der Waals surface area contributed by atoms with E-state index in [1.165, 1.54) is 4.90 Å². The molecule has 1 atom stereocenters. The highest BCUT2D eigenvalue weighted by atomic mass is 16.5. The van der Waals surface area contributed by atoms with Crippen LogP contribution in [0.2, 0.25) is 0 Å². The first-order chi connectivity index (χ1) is 17.4. The van der Waals surface area contributed by atoms with Gasteiger partial charge in [0.1, 0.15) is 11.8 Å². The van der Waals surface area contributed by atoms with Crippen molar-refractivity contribution in [2.75, 3.05) is 10.2 Å². The van der Waals surface area contributed by atoms with Crippen molar-refractivity contribution in [3.8, 4) is 0 Å². The summed E-state index contributed by atoms with van der Waals surface area (Å²) < 4.78 is 4.98. The molecule has 1 aromatic heterocycles. The summed E-state index contributed by atoms with van der Waals surface area (Å²) in [4.78, 5) is 41.4. The molecule has 0 bridgehead atoms. The number of aryl methyl sites for hydroxylation is 2. The van der Waals surface area contributed by atoms with Crippen molar-refractivity contribution in [2.45, 2.75) is 64.5 Å². The Morgan fingerprint density at radius 3 is 2.42 bits per heavy atom. The predicted molar refractivity (Wildman–Crippen MR) is 137 cm³/mol. The molecule has 1 heterocycles. The SMILES string of the molecule is Cc1cccc(N(C(=O)CCC(=O)Nc2cc(C)on2)[C@H](C(=O)NC2CCCC2)c2ccccc2)c1. The maximum atomic E-state index is 13.7. The molecule has 3 aromatic rings. The molecule has 4 rings (SSSR count). The van der Waals surface area contributed by atoms with E-state index in [1.807, 2.05) is 61.5 Å². The molecule has 8 heteroatoms. The summed E-state index contributed by atoms with van der Waals surface area (Å²) in [5, 5.41) is 9.57. The zero-order valence-corrected chi connectivity index (χ0v) is 20.7. The molecule has 0 saturated heterocycles. The summed E-state index contributed by atoms with van der Waals surface area (Å²) in [7, 11) is 0. The van der Waals surface area contributed by atoms with Crippen LogP contribution in [-0.2, 0) is 14.4 Å². The van der Waals surface area contributed by atoms with Crippen molar-refractivity contribution in [2.24, 2.45) is 0 Å². The summed E-state index contributed by atoms with van der Waals surface area (Å²) in [6.07, 6.45) is 3.92. The quantitative estimate of drug-likeness (QED) is 0.448. The van der Waals surface area contributed by atoms with Crippen LogP contribution in [-0.4, -0.2) is 28.9 Å². The van der Waals surface area contributed by atoms with Crippen LogP contribution in [0.3, 0.4) is 0 Å². The topological polar surface area (TPSA) is 105 Å². The van der Waals surface area contributed by atoms with Gasteiger partial charge in [0.2, 0.25) is 17.7 Å². The van der Waals surface area contributed by atoms with Crippen LogP contribution in [0.4, 0.5) is 11.5 Å². The van der Waals surface area contributed by atoms with Crippen molar-refractivity contribution in [1.29, 1.82) is 0 Å². The minimum Gasteiger partial charge on any atom is -0.360 e. The lowest BCUT2D eigenvalue weighted by Gasteiger charge is -2.32. The summed E-state index contributed by atoms with van der Waals surface area (Å²) in [6.45, 7) is 3.67. The van der Waals surface area contributed by atoms with Crippen molar-refractivity contribution >= 4 is 29.2 Å². The number of benzene rings is 2. The molecular weight excluding hydrogens is 456 g/mol. The molecule has 36 heavy (non-hydrogen) atoms. The molecule has 2 aromatic carbocycles. The summed E-state index contributed by atoms with van der Waals surface area (Å²) in [5.41, 5.74) is 2.29. The Kier molecular flexibility index (Phi) is 8.15. The van der Waals surface area contributed by atoms with Crippen molar-refractivity contribution in [3.63, 3.8) is 0 Å². The highest BCUT2D eigenvalue weighted by Crippen LogP contribution is 2.30. The summed E-state index contributed by atoms with van der Waals surface area (Å²) in [6, 6.07) is 17.7. The Hall–Kier alpha value is -3.94. The van der Waals surface area contributed by atoms with Crippen molar-refractivity contribution < 1.29 is 18.9 Å². The standard InChI is InChI=1S/C28H32N4O4/c1-19-9-8-14-23(17-19)32(26(34)16-15-25(33)30-24-18-20(2)36-31-24)27(21-10-4-3-5-11-21)28(35)29-22-12-6-7-13-22/h3-5,8-11,14,17-18,22,27H,6-7,12-13,15-16H2,1-2H3,(H,29,35)(H,30,31,33)/t27-/m0/s1. The van der Waals surface area contributed by atoms with E-state index in [2.05, 4.69) is 15.8 Å². The Labute approximate surface area is 211 Å². The highest BCUT2D eigenvalue weighted by Gasteiger charge is 2.34. The van der Waals surface area contributed by atoms with Crippen LogP contribution in [0.1, 0.15) is 61.5 Å². The number of aromatic nitrogens is 1. The first-order valence-electron chi connectivity index (χ1n) is 12.4. The highest BCUT2D eigenvalue weighted by molar-refractivity contribution is 6.03. The fourth-order valence-corrected chi connectivity index (χ4v) is 4.59. The number of rotatable bonds is 9. The normalized spacial score (nSPS) is 14.3. The molecule has 1 saturated carbocycles. The maximum absolute atomic E-state index is 13.7. The Balaban J connectivity index is 1.60. The minimum atomic E-state index is -0.859. The van der Waals surface area contributed by atoms with Crippen LogP contribution in [0.5, 0.6) is 0 Å². The number of carbonyl (C=O) groups is 3. The summed E-state index contributed by atoms with van der Waals surface area (Å²) >= 11 is 0. The van der Waals surface area contributed by atoms with Gasteiger partial charge in [-0.3, -0.25) is 19.3 Å². The minimum absolute atomic E-state index is 0.0567. The van der Waals surface area contributed by atoms with E-state index in [1.54, 1.807) is 13.0 Å². The first-order valence-corrected chi connectivity index (χ1v) is 12.4. The lowest BCUT2D eigenvalue weighted by molar-refractivity contribution is -0.127. The predicted octanol–water partition coefficient (Wildman–Crippen LogP) is 4.84. The Morgan fingerprint density at radius 2 is 1.75 bits per heavy atom. The first kappa shape index (κ1) is 25.2. The lowest BCUT2D eigenvalue weighted by atomic mass is 10.0. The zero-order valence-electron chi connectivity index (χ0n) is 20.7. The molecule has 1 aliphatic rings. The third-order valence-corrected chi connectivity index (χ3v) is 6.33. The van der Waals surface area contributed by atoms with Gasteiger partial charge in [0.15, 0.2) is 5.82 Å². The zero-order chi connectivity index (χ0) is 25.5. The monoisotopic (exact) mass is 488 g/mol. The largest absolute Gasteiger partial charge is 0.360 e. The van der Waals surface area contributed by atoms with Crippen LogP contribution in [0.25, 0.3) is 0 Å². The van der Waals surface area contributed by atoms with Gasteiger partial charge in [0.25, 0.3) is 0 Å². The molecule has 188 valence electrons. The molecule has 0 aliphatic heterocycles. The number of hydrogen-bond acceptors (Lipinski definition) is 5. The van der Waals surface area contributed by atoms with Gasteiger partial charge in [0, 0.05) is 30.6 Å². The van der Waals surface area contributed by atoms with Crippen LogP contribution >= 0.6 is 0 Å². The smallest absolute Gasteiger partial charge is 0.248 e. The fourth-order valence-electron chi connectivity index (χ4n) is 4.59. The molecule has 0 unspecified atom stereocenters. The number of nitrogens with zero attached hydrogens (tertiary/aromatic N) is 2. The van der Waals surface area contributed by atoms with E-state index in [4.69, 9.17) is 4.52 Å².